The van der Waals surface area contributed by atoms with Crippen molar-refractivity contribution < 1.29 is 23.9 Å². The number of amides is 1. The van der Waals surface area contributed by atoms with Crippen molar-refractivity contribution >= 4 is 28.9 Å². The molecule has 0 aliphatic rings. The van der Waals surface area contributed by atoms with Crippen molar-refractivity contribution in [3.8, 4) is 23.0 Å². The standard InChI is InChI=1S/C24H19ClN4O6/c1-33-19-6-8-21(9-7-19)35-22-13-17(12-18(14-22)29(31)32)26-24(30)23-10-11-28(27-23)15-34-20-4-2-16(25)3-5-20/h2-14H,15H2,1H3,(H,26,30). The van der Waals surface area contributed by atoms with Gasteiger partial charge in [0.05, 0.1) is 23.8 Å². The first kappa shape index (κ1) is 23.6. The highest BCUT2D eigenvalue weighted by molar-refractivity contribution is 6.30. The van der Waals surface area contributed by atoms with Crippen molar-refractivity contribution in [3.05, 3.63) is 99.8 Å². The van der Waals surface area contributed by atoms with Gasteiger partial charge in [-0.15, -0.1) is 0 Å². The van der Waals surface area contributed by atoms with E-state index in [-0.39, 0.29) is 29.5 Å². The Kier molecular flexibility index (Phi) is 7.12. The van der Waals surface area contributed by atoms with Crippen molar-refractivity contribution in [3.63, 3.8) is 0 Å². The van der Waals surface area contributed by atoms with E-state index in [0.717, 1.165) is 0 Å². The molecule has 4 rings (SSSR count). The molecule has 11 heteroatoms. The van der Waals surface area contributed by atoms with Crippen LogP contribution in [-0.2, 0) is 6.73 Å². The summed E-state index contributed by atoms with van der Waals surface area (Å²) >= 11 is 5.85. The van der Waals surface area contributed by atoms with Crippen LogP contribution in [0.15, 0.2) is 79.0 Å². The van der Waals surface area contributed by atoms with E-state index in [4.69, 9.17) is 25.8 Å². The number of carbonyl (C=O) groups excluding carboxylic acids is 1. The largest absolute Gasteiger partial charge is 0.497 e. The van der Waals surface area contributed by atoms with Crippen molar-refractivity contribution in [2.75, 3.05) is 12.4 Å². The summed E-state index contributed by atoms with van der Waals surface area (Å²) in [6.45, 7) is 0.0750. The molecule has 0 unspecified atom stereocenters. The third-order valence-electron chi connectivity index (χ3n) is 4.71. The molecule has 0 spiro atoms. The molecule has 10 nitrogen and oxygen atoms in total. The van der Waals surface area contributed by atoms with Crippen molar-refractivity contribution in [1.29, 1.82) is 0 Å². The van der Waals surface area contributed by atoms with Crippen molar-refractivity contribution in [1.82, 2.24) is 9.78 Å². The van der Waals surface area contributed by atoms with Crippen LogP contribution in [-0.4, -0.2) is 27.7 Å². The molecule has 0 fully saturated rings. The zero-order valence-electron chi connectivity index (χ0n) is 18.4. The van der Waals surface area contributed by atoms with Gasteiger partial charge in [-0.05, 0) is 54.6 Å². The monoisotopic (exact) mass is 494 g/mol. The molecule has 0 saturated heterocycles. The number of nitrogens with one attached hydrogen (secondary N) is 1. The van der Waals surface area contributed by atoms with Gasteiger partial charge in [0.25, 0.3) is 11.6 Å². The Labute approximate surface area is 204 Å². The Hall–Kier alpha value is -4.57. The van der Waals surface area contributed by atoms with Crippen LogP contribution in [0, 0.1) is 10.1 Å². The molecular formula is C24H19ClN4O6. The van der Waals surface area contributed by atoms with Gasteiger partial charge in [-0.3, -0.25) is 14.9 Å². The van der Waals surface area contributed by atoms with Crippen LogP contribution in [0.3, 0.4) is 0 Å². The average Bonchev–Trinajstić information content (AvgIpc) is 3.33. The third-order valence-corrected chi connectivity index (χ3v) is 4.96. The second kappa shape index (κ2) is 10.6. The Bertz CT molecular complexity index is 1340. The lowest BCUT2D eigenvalue weighted by molar-refractivity contribution is -0.384. The third kappa shape index (κ3) is 6.27. The molecule has 0 aliphatic carbocycles. The number of nitro groups is 1. The number of hydrogen-bond acceptors (Lipinski definition) is 7. The molecule has 0 radical (unpaired) electrons. The zero-order valence-corrected chi connectivity index (χ0v) is 19.1. The summed E-state index contributed by atoms with van der Waals surface area (Å²) in [5, 5.41) is 18.8. The number of methoxy groups -OCH3 is 1. The van der Waals surface area contributed by atoms with Crippen LogP contribution >= 0.6 is 11.6 Å². The Morgan fingerprint density at radius 3 is 2.37 bits per heavy atom. The zero-order chi connectivity index (χ0) is 24.8. The lowest BCUT2D eigenvalue weighted by Gasteiger charge is -2.09. The minimum absolute atomic E-state index is 0.0750. The average molecular weight is 495 g/mol. The number of aromatic nitrogens is 2. The molecule has 178 valence electrons. The summed E-state index contributed by atoms with van der Waals surface area (Å²) in [6, 6.07) is 19.0. The topological polar surface area (TPSA) is 118 Å². The fourth-order valence-electron chi connectivity index (χ4n) is 3.02. The van der Waals surface area contributed by atoms with Gasteiger partial charge < -0.3 is 19.5 Å². The van der Waals surface area contributed by atoms with Gasteiger partial charge in [-0.1, -0.05) is 11.6 Å². The number of anilines is 1. The van der Waals surface area contributed by atoms with Crippen LogP contribution in [0.4, 0.5) is 11.4 Å². The maximum atomic E-state index is 12.7. The van der Waals surface area contributed by atoms with Crippen LogP contribution in [0.5, 0.6) is 23.0 Å². The molecular weight excluding hydrogens is 476 g/mol. The van der Waals surface area contributed by atoms with Gasteiger partial charge >= 0.3 is 0 Å². The first-order valence-electron chi connectivity index (χ1n) is 10.2. The summed E-state index contributed by atoms with van der Waals surface area (Å²) in [5.41, 5.74) is 0.0433. The predicted octanol–water partition coefficient (Wildman–Crippen LogP) is 5.53. The number of nitro benzene ring substituents is 1. The van der Waals surface area contributed by atoms with Crippen LogP contribution in [0.1, 0.15) is 10.5 Å². The second-order valence-corrected chi connectivity index (χ2v) is 7.61. The Morgan fingerprint density at radius 1 is 1.00 bits per heavy atom. The van der Waals surface area contributed by atoms with E-state index in [0.29, 0.717) is 22.3 Å². The smallest absolute Gasteiger partial charge is 0.276 e. The molecule has 0 atom stereocenters. The highest BCUT2D eigenvalue weighted by atomic mass is 35.5. The number of benzene rings is 3. The van der Waals surface area contributed by atoms with Gasteiger partial charge in [0.15, 0.2) is 12.4 Å². The summed E-state index contributed by atoms with van der Waals surface area (Å²) in [4.78, 5) is 23.5. The second-order valence-electron chi connectivity index (χ2n) is 7.17. The van der Waals surface area contributed by atoms with Gasteiger partial charge in [0.1, 0.15) is 23.0 Å². The quantitative estimate of drug-likeness (QED) is 0.240. The van der Waals surface area contributed by atoms with E-state index in [9.17, 15) is 14.9 Å². The first-order chi connectivity index (χ1) is 16.9. The van der Waals surface area contributed by atoms with E-state index >= 15 is 0 Å². The lowest BCUT2D eigenvalue weighted by atomic mass is 10.2. The van der Waals surface area contributed by atoms with Crippen LogP contribution in [0.25, 0.3) is 0 Å². The van der Waals surface area contributed by atoms with Gasteiger partial charge in [-0.25, -0.2) is 4.68 Å². The first-order valence-corrected chi connectivity index (χ1v) is 10.6. The molecule has 1 heterocycles. The molecule has 0 bridgehead atoms. The summed E-state index contributed by atoms with van der Waals surface area (Å²) in [7, 11) is 1.54. The molecule has 35 heavy (non-hydrogen) atoms. The van der Waals surface area contributed by atoms with Crippen LogP contribution < -0.4 is 19.5 Å². The maximum Gasteiger partial charge on any atom is 0.276 e. The van der Waals surface area contributed by atoms with Gasteiger partial charge in [-0.2, -0.15) is 5.10 Å². The minimum Gasteiger partial charge on any atom is -0.497 e. The van der Waals surface area contributed by atoms with E-state index in [1.165, 1.54) is 28.9 Å². The van der Waals surface area contributed by atoms with Crippen molar-refractivity contribution in [2.45, 2.75) is 6.73 Å². The number of nitrogens with zero attached hydrogens (tertiary/aromatic N) is 3. The van der Waals surface area contributed by atoms with Crippen LogP contribution in [0.2, 0.25) is 5.02 Å². The van der Waals surface area contributed by atoms with E-state index in [1.807, 2.05) is 0 Å². The van der Waals surface area contributed by atoms with Gasteiger partial charge in [0.2, 0.25) is 0 Å². The number of hydrogen-bond donors (Lipinski definition) is 1. The summed E-state index contributed by atoms with van der Waals surface area (Å²) in [6.07, 6.45) is 1.58. The number of halogens is 1. The Morgan fingerprint density at radius 2 is 1.69 bits per heavy atom. The summed E-state index contributed by atoms with van der Waals surface area (Å²) < 4.78 is 17.9. The molecule has 4 aromatic rings. The van der Waals surface area contributed by atoms with Crippen molar-refractivity contribution in [2.24, 2.45) is 0 Å². The number of non-ortho nitro benzene ring substituents is 1. The van der Waals surface area contributed by atoms with E-state index in [1.54, 1.807) is 61.8 Å². The molecule has 0 aliphatic heterocycles. The van der Waals surface area contributed by atoms with E-state index in [2.05, 4.69) is 10.4 Å². The fraction of sp³-hybridized carbons (Fsp3) is 0.0833. The number of rotatable bonds is 9. The number of carbonyl (C=O) groups is 1. The summed E-state index contributed by atoms with van der Waals surface area (Å²) in [5.74, 6) is 1.31. The normalized spacial score (nSPS) is 10.5. The lowest BCUT2D eigenvalue weighted by Crippen LogP contribution is -2.14. The maximum absolute atomic E-state index is 12.7. The Balaban J connectivity index is 1.45. The molecule has 1 N–H and O–H groups in total. The molecule has 1 aromatic heterocycles. The molecule has 3 aromatic carbocycles. The molecule has 0 saturated carbocycles. The number of ether oxygens (including phenoxy) is 3. The van der Waals surface area contributed by atoms with Gasteiger partial charge in [0, 0.05) is 23.4 Å². The highest BCUT2D eigenvalue weighted by Crippen LogP contribution is 2.30. The van der Waals surface area contributed by atoms with E-state index < -0.39 is 10.8 Å². The molecule has 1 amide bonds. The SMILES string of the molecule is COc1ccc(Oc2cc(NC(=O)c3ccn(COc4ccc(Cl)cc4)n3)cc([N+](=O)[O-])c2)cc1. The highest BCUT2D eigenvalue weighted by Gasteiger charge is 2.16. The predicted molar refractivity (Wildman–Crippen MR) is 128 cm³/mol. The fourth-order valence-corrected chi connectivity index (χ4v) is 3.15. The minimum atomic E-state index is -0.570.